The smallest absolute Gasteiger partial charge is 0.122 e. The molecule has 0 amide bonds. The first-order valence-electron chi connectivity index (χ1n) is 7.34. The van der Waals surface area contributed by atoms with Gasteiger partial charge in [-0.15, -0.1) is 0 Å². The van der Waals surface area contributed by atoms with Crippen LogP contribution in [0.25, 0.3) is 11.1 Å². The topological polar surface area (TPSA) is 58.9 Å². The van der Waals surface area contributed by atoms with Crippen LogP contribution in [0.3, 0.4) is 0 Å². The number of aliphatic hydroxyl groups is 2. The van der Waals surface area contributed by atoms with Crippen LogP contribution in [-0.2, 0) is 0 Å². The molecular weight excluding hydrogens is 280 g/mol. The van der Waals surface area contributed by atoms with Crippen LogP contribution in [0.2, 0.25) is 0 Å². The average molecular weight is 302 g/mol. The van der Waals surface area contributed by atoms with E-state index in [4.69, 9.17) is 19.7 Å². The van der Waals surface area contributed by atoms with E-state index in [9.17, 15) is 0 Å². The maximum absolute atomic E-state index is 8.89. The molecule has 0 saturated heterocycles. The van der Waals surface area contributed by atoms with Crippen molar-refractivity contribution in [2.24, 2.45) is 0 Å². The third kappa shape index (κ3) is 4.00. The fourth-order valence-electron chi connectivity index (χ4n) is 2.18. The summed E-state index contributed by atoms with van der Waals surface area (Å²) in [7, 11) is 0. The van der Waals surface area contributed by atoms with Crippen molar-refractivity contribution in [3.8, 4) is 22.6 Å². The van der Waals surface area contributed by atoms with Crippen molar-refractivity contribution in [1.82, 2.24) is 0 Å². The standard InChI is InChI=1S/C18H22O4/c1-13-3-5-15(11-17(13)21-9-7-19)16-6-4-14(2)18(12-16)22-10-8-20/h3-6,11-12,19-20H,7-10H2,1-2H3. The molecule has 4 nitrogen and oxygen atoms in total. The molecule has 0 aliphatic heterocycles. The van der Waals surface area contributed by atoms with E-state index in [0.29, 0.717) is 0 Å². The second kappa shape index (κ2) is 7.82. The molecule has 2 N–H and O–H groups in total. The normalized spacial score (nSPS) is 10.5. The molecule has 0 spiro atoms. The molecule has 0 saturated carbocycles. The van der Waals surface area contributed by atoms with Crippen LogP contribution in [-0.4, -0.2) is 36.6 Å². The summed E-state index contributed by atoms with van der Waals surface area (Å²) in [6.07, 6.45) is 0. The molecule has 22 heavy (non-hydrogen) atoms. The molecule has 118 valence electrons. The monoisotopic (exact) mass is 302 g/mol. The largest absolute Gasteiger partial charge is 0.491 e. The molecule has 0 aliphatic rings. The Kier molecular flexibility index (Phi) is 5.81. The van der Waals surface area contributed by atoms with Crippen molar-refractivity contribution in [2.75, 3.05) is 26.4 Å². The molecule has 0 atom stereocenters. The van der Waals surface area contributed by atoms with Gasteiger partial charge in [0.05, 0.1) is 13.2 Å². The van der Waals surface area contributed by atoms with Crippen LogP contribution in [0.4, 0.5) is 0 Å². The predicted octanol–water partition coefficient (Wildman–Crippen LogP) is 2.71. The lowest BCUT2D eigenvalue weighted by Crippen LogP contribution is -2.03. The summed E-state index contributed by atoms with van der Waals surface area (Å²) in [6, 6.07) is 12.0. The highest BCUT2D eigenvalue weighted by Gasteiger charge is 2.07. The summed E-state index contributed by atoms with van der Waals surface area (Å²) in [6.45, 7) is 4.50. The maximum Gasteiger partial charge on any atom is 0.122 e. The number of aliphatic hydroxyl groups excluding tert-OH is 2. The van der Waals surface area contributed by atoms with Crippen LogP contribution in [0.15, 0.2) is 36.4 Å². The predicted molar refractivity (Wildman–Crippen MR) is 86.5 cm³/mol. The zero-order valence-electron chi connectivity index (χ0n) is 13.0. The molecule has 0 aromatic heterocycles. The van der Waals surface area contributed by atoms with Crippen molar-refractivity contribution in [1.29, 1.82) is 0 Å². The highest BCUT2D eigenvalue weighted by Crippen LogP contribution is 2.30. The minimum Gasteiger partial charge on any atom is -0.491 e. The van der Waals surface area contributed by atoms with Crippen LogP contribution in [0, 0.1) is 13.8 Å². The van der Waals surface area contributed by atoms with E-state index in [1.165, 1.54) is 0 Å². The van der Waals surface area contributed by atoms with E-state index >= 15 is 0 Å². The Morgan fingerprint density at radius 1 is 0.727 bits per heavy atom. The molecule has 2 aromatic carbocycles. The lowest BCUT2D eigenvalue weighted by Gasteiger charge is -2.13. The second-order valence-electron chi connectivity index (χ2n) is 5.10. The summed E-state index contributed by atoms with van der Waals surface area (Å²) in [4.78, 5) is 0. The van der Waals surface area contributed by atoms with E-state index in [2.05, 4.69) is 0 Å². The minimum atomic E-state index is -0.00660. The Balaban J connectivity index is 2.30. The third-order valence-electron chi connectivity index (χ3n) is 3.41. The number of hydrogen-bond donors (Lipinski definition) is 2. The van der Waals surface area contributed by atoms with Crippen LogP contribution in [0.1, 0.15) is 11.1 Å². The van der Waals surface area contributed by atoms with Crippen molar-refractivity contribution < 1.29 is 19.7 Å². The molecular formula is C18H22O4. The molecule has 0 aliphatic carbocycles. The van der Waals surface area contributed by atoms with Gasteiger partial charge in [-0.05, 0) is 48.2 Å². The van der Waals surface area contributed by atoms with E-state index in [1.54, 1.807) is 0 Å². The zero-order valence-corrected chi connectivity index (χ0v) is 13.0. The molecule has 0 unspecified atom stereocenters. The number of ether oxygens (including phenoxy) is 2. The SMILES string of the molecule is Cc1ccc(-c2ccc(C)c(OCCO)c2)cc1OCCO. The number of hydrogen-bond acceptors (Lipinski definition) is 4. The van der Waals surface area contributed by atoms with Crippen molar-refractivity contribution in [3.05, 3.63) is 47.5 Å². The van der Waals surface area contributed by atoms with Gasteiger partial charge in [-0.25, -0.2) is 0 Å². The lowest BCUT2D eigenvalue weighted by molar-refractivity contribution is 0.200. The highest BCUT2D eigenvalue weighted by atomic mass is 16.5. The van der Waals surface area contributed by atoms with Gasteiger partial charge in [-0.3, -0.25) is 0 Å². The Morgan fingerprint density at radius 3 is 1.50 bits per heavy atom. The fraction of sp³-hybridized carbons (Fsp3) is 0.333. The van der Waals surface area contributed by atoms with Crippen molar-refractivity contribution in [2.45, 2.75) is 13.8 Å². The van der Waals surface area contributed by atoms with Crippen molar-refractivity contribution in [3.63, 3.8) is 0 Å². The van der Waals surface area contributed by atoms with E-state index < -0.39 is 0 Å². The summed E-state index contributed by atoms with van der Waals surface area (Å²) in [5, 5.41) is 17.8. The quantitative estimate of drug-likeness (QED) is 0.825. The van der Waals surface area contributed by atoms with Gasteiger partial charge in [0.1, 0.15) is 24.7 Å². The Morgan fingerprint density at radius 2 is 1.14 bits per heavy atom. The summed E-state index contributed by atoms with van der Waals surface area (Å²) in [5.74, 6) is 1.54. The Hall–Kier alpha value is -2.04. The fourth-order valence-corrected chi connectivity index (χ4v) is 2.18. The van der Waals surface area contributed by atoms with Crippen LogP contribution >= 0.6 is 0 Å². The summed E-state index contributed by atoms with van der Waals surface area (Å²) < 4.78 is 11.1. The molecule has 4 heteroatoms. The number of aryl methyl sites for hydroxylation is 2. The summed E-state index contributed by atoms with van der Waals surface area (Å²) >= 11 is 0. The van der Waals surface area contributed by atoms with Crippen LogP contribution < -0.4 is 9.47 Å². The maximum atomic E-state index is 8.89. The van der Waals surface area contributed by atoms with Gasteiger partial charge in [-0.2, -0.15) is 0 Å². The van der Waals surface area contributed by atoms with Crippen LogP contribution in [0.5, 0.6) is 11.5 Å². The molecule has 2 aromatic rings. The van der Waals surface area contributed by atoms with Gasteiger partial charge in [0.15, 0.2) is 0 Å². The zero-order chi connectivity index (χ0) is 15.9. The van der Waals surface area contributed by atoms with Gasteiger partial charge in [0, 0.05) is 0 Å². The van der Waals surface area contributed by atoms with Gasteiger partial charge in [0.2, 0.25) is 0 Å². The van der Waals surface area contributed by atoms with Gasteiger partial charge >= 0.3 is 0 Å². The van der Waals surface area contributed by atoms with Gasteiger partial charge in [-0.1, -0.05) is 24.3 Å². The molecule has 0 heterocycles. The molecule has 2 rings (SSSR count). The third-order valence-corrected chi connectivity index (χ3v) is 3.41. The van der Waals surface area contributed by atoms with Gasteiger partial charge in [0.25, 0.3) is 0 Å². The molecule has 0 bridgehead atoms. The van der Waals surface area contributed by atoms with E-state index in [1.807, 2.05) is 50.2 Å². The first-order chi connectivity index (χ1) is 10.7. The number of rotatable bonds is 7. The average Bonchev–Trinajstić information content (AvgIpc) is 2.53. The first-order valence-corrected chi connectivity index (χ1v) is 7.34. The minimum absolute atomic E-state index is 0.00660. The Bertz CT molecular complexity index is 567. The van der Waals surface area contributed by atoms with Crippen molar-refractivity contribution >= 4 is 0 Å². The van der Waals surface area contributed by atoms with E-state index in [0.717, 1.165) is 33.8 Å². The lowest BCUT2D eigenvalue weighted by atomic mass is 10.0. The van der Waals surface area contributed by atoms with Gasteiger partial charge < -0.3 is 19.7 Å². The summed E-state index contributed by atoms with van der Waals surface area (Å²) in [5.41, 5.74) is 4.10. The van der Waals surface area contributed by atoms with E-state index in [-0.39, 0.29) is 26.4 Å². The highest BCUT2D eigenvalue weighted by molar-refractivity contribution is 5.68. The second-order valence-corrected chi connectivity index (χ2v) is 5.10. The molecule has 0 fully saturated rings. The Labute approximate surface area is 130 Å². The first kappa shape index (κ1) is 16.3. The number of benzene rings is 2. The molecule has 0 radical (unpaired) electrons.